The zero-order valence-electron chi connectivity index (χ0n) is 11.3. The van der Waals surface area contributed by atoms with Gasteiger partial charge >= 0.3 is 0 Å². The number of hydrogen-bond donors (Lipinski definition) is 1. The highest BCUT2D eigenvalue weighted by Crippen LogP contribution is 2.30. The monoisotopic (exact) mass is 287 g/mol. The maximum atomic E-state index is 11.7. The zero-order chi connectivity index (χ0) is 14.7. The fourth-order valence-electron chi connectivity index (χ4n) is 1.95. The minimum atomic E-state index is -0.215. The Morgan fingerprint density at radius 3 is 3.00 bits per heavy atom. The van der Waals surface area contributed by atoms with Crippen LogP contribution in [-0.2, 0) is 6.54 Å². The van der Waals surface area contributed by atoms with E-state index in [-0.39, 0.29) is 5.56 Å². The molecule has 0 spiro atoms. The lowest BCUT2D eigenvalue weighted by Gasteiger charge is -2.11. The van der Waals surface area contributed by atoms with E-state index in [4.69, 9.17) is 9.47 Å². The molecule has 108 valence electrons. The highest BCUT2D eigenvalue weighted by atomic mass is 16.5. The van der Waals surface area contributed by atoms with E-state index in [0.717, 1.165) is 0 Å². The molecule has 8 heteroatoms. The van der Waals surface area contributed by atoms with Crippen LogP contribution in [0.4, 0.5) is 0 Å². The summed E-state index contributed by atoms with van der Waals surface area (Å²) in [5, 5.41) is 8.02. The topological polar surface area (TPSA) is 94.9 Å². The van der Waals surface area contributed by atoms with Crippen molar-refractivity contribution in [2.75, 3.05) is 13.7 Å². The number of nitrogens with one attached hydrogen (secondary N) is 1. The number of benzene rings is 1. The van der Waals surface area contributed by atoms with Crippen LogP contribution >= 0.6 is 0 Å². The summed E-state index contributed by atoms with van der Waals surface area (Å²) in [4.78, 5) is 18.4. The second-order valence-corrected chi connectivity index (χ2v) is 4.27. The Kier molecular flexibility index (Phi) is 3.50. The number of methoxy groups -OCH3 is 1. The van der Waals surface area contributed by atoms with E-state index >= 15 is 0 Å². The van der Waals surface area contributed by atoms with Gasteiger partial charge in [0.1, 0.15) is 6.61 Å². The molecule has 2 heterocycles. The molecule has 0 aliphatic heterocycles. The Labute approximate surface area is 119 Å². The summed E-state index contributed by atoms with van der Waals surface area (Å²) in [6.07, 6.45) is 4.71. The first-order valence-corrected chi connectivity index (χ1v) is 6.30. The highest BCUT2D eigenvalue weighted by Gasteiger charge is 2.10. The molecular formula is C13H13N5O3. The van der Waals surface area contributed by atoms with Gasteiger partial charge in [0, 0.05) is 12.3 Å². The molecule has 3 aromatic rings. The van der Waals surface area contributed by atoms with Crippen LogP contribution in [0.3, 0.4) is 0 Å². The summed E-state index contributed by atoms with van der Waals surface area (Å²) in [6, 6.07) is 3.30. The normalized spacial score (nSPS) is 10.7. The van der Waals surface area contributed by atoms with Crippen LogP contribution in [0.1, 0.15) is 0 Å². The van der Waals surface area contributed by atoms with Gasteiger partial charge in [0.15, 0.2) is 11.5 Å². The molecular weight excluding hydrogens is 274 g/mol. The Morgan fingerprint density at radius 1 is 1.33 bits per heavy atom. The molecule has 0 saturated carbocycles. The van der Waals surface area contributed by atoms with Gasteiger partial charge in [0.05, 0.1) is 37.1 Å². The van der Waals surface area contributed by atoms with Gasteiger partial charge in [-0.25, -0.2) is 9.67 Å². The van der Waals surface area contributed by atoms with Gasteiger partial charge < -0.3 is 14.5 Å². The minimum Gasteiger partial charge on any atom is -0.493 e. The van der Waals surface area contributed by atoms with Crippen molar-refractivity contribution >= 4 is 10.9 Å². The van der Waals surface area contributed by atoms with E-state index < -0.39 is 0 Å². The molecule has 0 atom stereocenters. The van der Waals surface area contributed by atoms with Gasteiger partial charge in [0.2, 0.25) is 0 Å². The maximum Gasteiger partial charge on any atom is 0.258 e. The maximum absolute atomic E-state index is 11.7. The molecule has 0 saturated heterocycles. The zero-order valence-corrected chi connectivity index (χ0v) is 11.3. The lowest BCUT2D eigenvalue weighted by Crippen LogP contribution is -2.10. The standard InChI is InChI=1S/C13H13N5O3/c1-20-11-6-9-10(14-8-15-13(9)19)7-12(11)21-5-4-18-3-2-16-17-18/h2-3,6-8H,4-5H2,1H3,(H,14,15,19). The van der Waals surface area contributed by atoms with E-state index in [1.807, 2.05) is 0 Å². The van der Waals surface area contributed by atoms with Crippen molar-refractivity contribution in [1.29, 1.82) is 0 Å². The van der Waals surface area contributed by atoms with Crippen LogP contribution in [0, 0.1) is 0 Å². The first-order valence-electron chi connectivity index (χ1n) is 6.30. The Hall–Kier alpha value is -2.90. The number of nitrogens with zero attached hydrogens (tertiary/aromatic N) is 4. The van der Waals surface area contributed by atoms with Crippen molar-refractivity contribution in [2.24, 2.45) is 0 Å². The fraction of sp³-hybridized carbons (Fsp3) is 0.231. The van der Waals surface area contributed by atoms with E-state index in [1.165, 1.54) is 13.4 Å². The summed E-state index contributed by atoms with van der Waals surface area (Å²) in [6.45, 7) is 0.957. The molecule has 0 bridgehead atoms. The average Bonchev–Trinajstić information content (AvgIpc) is 3.00. The molecule has 2 aromatic heterocycles. The van der Waals surface area contributed by atoms with Crippen molar-refractivity contribution in [3.8, 4) is 11.5 Å². The summed E-state index contributed by atoms with van der Waals surface area (Å²) in [5.41, 5.74) is 0.336. The van der Waals surface area contributed by atoms with Crippen LogP contribution in [0.2, 0.25) is 0 Å². The number of aromatic nitrogens is 5. The molecule has 1 aromatic carbocycles. The number of aromatic amines is 1. The number of hydrogen-bond acceptors (Lipinski definition) is 6. The molecule has 0 unspecified atom stereocenters. The number of H-pyrrole nitrogens is 1. The SMILES string of the molecule is COc1cc2c(=O)[nH]cnc2cc1OCCn1ccnn1. The van der Waals surface area contributed by atoms with Crippen LogP contribution in [-0.4, -0.2) is 38.7 Å². The summed E-state index contributed by atoms with van der Waals surface area (Å²) in [5.74, 6) is 1.02. The van der Waals surface area contributed by atoms with Gasteiger partial charge in [-0.3, -0.25) is 4.79 Å². The Morgan fingerprint density at radius 2 is 2.24 bits per heavy atom. The molecule has 0 amide bonds. The van der Waals surface area contributed by atoms with E-state index in [9.17, 15) is 4.79 Å². The second-order valence-electron chi connectivity index (χ2n) is 4.27. The second kappa shape index (κ2) is 5.61. The van der Waals surface area contributed by atoms with Crippen molar-refractivity contribution in [1.82, 2.24) is 25.0 Å². The summed E-state index contributed by atoms with van der Waals surface area (Å²) in [7, 11) is 1.52. The first kappa shape index (κ1) is 13.1. The average molecular weight is 287 g/mol. The van der Waals surface area contributed by atoms with Crippen molar-refractivity contribution in [3.05, 3.63) is 41.2 Å². The molecule has 0 aliphatic rings. The smallest absolute Gasteiger partial charge is 0.258 e. The number of ether oxygens (including phenoxy) is 2. The van der Waals surface area contributed by atoms with Gasteiger partial charge in [-0.05, 0) is 6.07 Å². The fourth-order valence-corrected chi connectivity index (χ4v) is 1.95. The third-order valence-electron chi connectivity index (χ3n) is 2.98. The number of rotatable bonds is 5. The summed E-state index contributed by atoms with van der Waals surface area (Å²) >= 11 is 0. The lowest BCUT2D eigenvalue weighted by atomic mass is 10.2. The van der Waals surface area contributed by atoms with E-state index in [1.54, 1.807) is 29.2 Å². The van der Waals surface area contributed by atoms with Gasteiger partial charge in [-0.2, -0.15) is 0 Å². The van der Waals surface area contributed by atoms with E-state index in [0.29, 0.717) is 35.6 Å². The predicted octanol–water partition coefficient (Wildman–Crippen LogP) is 0.602. The van der Waals surface area contributed by atoms with Gasteiger partial charge in [-0.1, -0.05) is 5.21 Å². The largest absolute Gasteiger partial charge is 0.493 e. The van der Waals surface area contributed by atoms with Gasteiger partial charge in [0.25, 0.3) is 5.56 Å². The van der Waals surface area contributed by atoms with Crippen molar-refractivity contribution < 1.29 is 9.47 Å². The van der Waals surface area contributed by atoms with Crippen molar-refractivity contribution in [2.45, 2.75) is 6.54 Å². The van der Waals surface area contributed by atoms with Crippen LogP contribution < -0.4 is 15.0 Å². The van der Waals surface area contributed by atoms with Crippen LogP contribution in [0.5, 0.6) is 11.5 Å². The third kappa shape index (κ3) is 2.69. The van der Waals surface area contributed by atoms with Crippen molar-refractivity contribution in [3.63, 3.8) is 0 Å². The third-order valence-corrected chi connectivity index (χ3v) is 2.98. The van der Waals surface area contributed by atoms with Crippen LogP contribution in [0.15, 0.2) is 35.6 Å². The molecule has 0 radical (unpaired) electrons. The highest BCUT2D eigenvalue weighted by molar-refractivity contribution is 5.81. The Bertz CT molecular complexity index is 797. The quantitative estimate of drug-likeness (QED) is 0.738. The molecule has 1 N–H and O–H groups in total. The van der Waals surface area contributed by atoms with Crippen LogP contribution in [0.25, 0.3) is 10.9 Å². The minimum absolute atomic E-state index is 0.215. The van der Waals surface area contributed by atoms with E-state index in [2.05, 4.69) is 20.3 Å². The molecule has 0 fully saturated rings. The summed E-state index contributed by atoms with van der Waals surface area (Å²) < 4.78 is 12.6. The number of fused-ring (bicyclic) bond motifs is 1. The molecule has 0 aliphatic carbocycles. The van der Waals surface area contributed by atoms with Gasteiger partial charge in [-0.15, -0.1) is 5.10 Å². The Balaban J connectivity index is 1.85. The lowest BCUT2D eigenvalue weighted by molar-refractivity contribution is 0.273. The molecule has 8 nitrogen and oxygen atoms in total. The molecule has 3 rings (SSSR count). The molecule has 21 heavy (non-hydrogen) atoms. The predicted molar refractivity (Wildman–Crippen MR) is 74.4 cm³/mol. The first-order chi connectivity index (χ1) is 10.3.